The molecule has 0 amide bonds. The van der Waals surface area contributed by atoms with Crippen molar-refractivity contribution in [2.75, 3.05) is 13.1 Å². The first-order chi connectivity index (χ1) is 9.44. The van der Waals surface area contributed by atoms with Crippen molar-refractivity contribution >= 4 is 23.8 Å². The zero-order chi connectivity index (χ0) is 14.6. The minimum Gasteiger partial charge on any atom is -0.335 e. The largest absolute Gasteiger partial charge is 0.428 e. The molecule has 0 spiro atoms. The first kappa shape index (κ1) is 14.6. The molecule has 1 aliphatic rings. The summed E-state index contributed by atoms with van der Waals surface area (Å²) >= 11 is 5.68. The predicted molar refractivity (Wildman–Crippen MR) is 69.6 cm³/mol. The number of rotatable bonds is 3. The molecule has 1 aromatic rings. The molecule has 0 bridgehead atoms. The number of hydrogen-bond donors (Lipinski definition) is 1. The maximum atomic E-state index is 11.9. The fraction of sp³-hybridized carbons (Fsp3) is 0.364. The molecule has 5 nitrogen and oxygen atoms in total. The standard InChI is InChI=1S/C11H11ClF3N5/c12-9-2-1-8(5-17-9)6-20-4-3-16-10(20)19-18-7-11(13,14)15/h1-2,5,7H,3-4,6H2,(H,16,19)/b18-7+. The molecule has 108 valence electrons. The van der Waals surface area contributed by atoms with Crippen LogP contribution in [-0.2, 0) is 6.54 Å². The van der Waals surface area contributed by atoms with Crippen LogP contribution >= 0.6 is 11.6 Å². The van der Waals surface area contributed by atoms with Gasteiger partial charge in [0.2, 0.25) is 5.96 Å². The normalized spacial score (nSPS) is 15.8. The zero-order valence-corrected chi connectivity index (χ0v) is 11.0. The lowest BCUT2D eigenvalue weighted by molar-refractivity contribution is -0.0538. The smallest absolute Gasteiger partial charge is 0.335 e. The Kier molecular flexibility index (Phi) is 4.43. The minimum absolute atomic E-state index is 0.115. The van der Waals surface area contributed by atoms with Crippen LogP contribution < -0.4 is 5.43 Å². The molecule has 0 aliphatic carbocycles. The maximum Gasteiger partial charge on any atom is 0.428 e. The van der Waals surface area contributed by atoms with E-state index in [-0.39, 0.29) is 6.21 Å². The topological polar surface area (TPSA) is 52.9 Å². The third-order valence-corrected chi connectivity index (χ3v) is 2.69. The van der Waals surface area contributed by atoms with Crippen LogP contribution in [0.1, 0.15) is 5.56 Å². The van der Waals surface area contributed by atoms with E-state index in [4.69, 9.17) is 11.6 Å². The van der Waals surface area contributed by atoms with Crippen molar-refractivity contribution in [1.29, 1.82) is 0 Å². The summed E-state index contributed by atoms with van der Waals surface area (Å²) in [6, 6.07) is 3.45. The van der Waals surface area contributed by atoms with E-state index < -0.39 is 6.18 Å². The molecule has 20 heavy (non-hydrogen) atoms. The molecule has 2 rings (SSSR count). The van der Waals surface area contributed by atoms with Crippen molar-refractivity contribution in [3.63, 3.8) is 0 Å². The van der Waals surface area contributed by atoms with Crippen molar-refractivity contribution in [3.05, 3.63) is 29.0 Å². The van der Waals surface area contributed by atoms with Crippen LogP contribution in [0, 0.1) is 0 Å². The predicted octanol–water partition coefficient (Wildman–Crippen LogP) is 2.04. The summed E-state index contributed by atoms with van der Waals surface area (Å²) in [5.41, 5.74) is 3.18. The molecule has 0 unspecified atom stereocenters. The second kappa shape index (κ2) is 6.08. The van der Waals surface area contributed by atoms with Gasteiger partial charge in [0.05, 0.1) is 6.54 Å². The number of nitrogens with one attached hydrogen (secondary N) is 1. The number of halogens is 4. The Balaban J connectivity index is 1.94. The third-order valence-electron chi connectivity index (χ3n) is 2.47. The van der Waals surface area contributed by atoms with Crippen molar-refractivity contribution in [1.82, 2.24) is 15.3 Å². The van der Waals surface area contributed by atoms with Crippen LogP contribution in [-0.4, -0.2) is 41.3 Å². The van der Waals surface area contributed by atoms with Gasteiger partial charge in [-0.3, -0.25) is 0 Å². The van der Waals surface area contributed by atoms with Crippen molar-refractivity contribution in [2.24, 2.45) is 10.1 Å². The molecule has 0 aromatic carbocycles. The number of alkyl halides is 3. The number of pyridine rings is 1. The Morgan fingerprint density at radius 3 is 2.90 bits per heavy atom. The van der Waals surface area contributed by atoms with Gasteiger partial charge in [0.15, 0.2) is 0 Å². The Morgan fingerprint density at radius 1 is 1.45 bits per heavy atom. The van der Waals surface area contributed by atoms with Gasteiger partial charge in [-0.05, 0) is 11.6 Å². The highest BCUT2D eigenvalue weighted by Crippen LogP contribution is 2.12. The maximum absolute atomic E-state index is 11.9. The summed E-state index contributed by atoms with van der Waals surface area (Å²) in [6.07, 6.45) is -2.95. The number of aromatic nitrogens is 1. The monoisotopic (exact) mass is 305 g/mol. The van der Waals surface area contributed by atoms with Crippen LogP contribution in [0.2, 0.25) is 5.15 Å². The molecule has 1 aromatic heterocycles. The number of hydrazone groups is 1. The van der Waals surface area contributed by atoms with E-state index in [0.717, 1.165) is 5.56 Å². The van der Waals surface area contributed by atoms with E-state index in [1.807, 2.05) is 0 Å². The van der Waals surface area contributed by atoms with Gasteiger partial charge < -0.3 is 4.90 Å². The highest BCUT2D eigenvalue weighted by Gasteiger charge is 2.24. The average molecular weight is 306 g/mol. The summed E-state index contributed by atoms with van der Waals surface area (Å²) in [7, 11) is 0. The third kappa shape index (κ3) is 4.37. The van der Waals surface area contributed by atoms with E-state index >= 15 is 0 Å². The van der Waals surface area contributed by atoms with Crippen molar-refractivity contribution in [2.45, 2.75) is 12.7 Å². The molecule has 0 fully saturated rings. The van der Waals surface area contributed by atoms with Gasteiger partial charge in [0, 0.05) is 19.3 Å². The molecule has 0 saturated heterocycles. The summed E-state index contributed by atoms with van der Waals surface area (Å²) in [4.78, 5) is 9.77. The van der Waals surface area contributed by atoms with Gasteiger partial charge in [-0.25, -0.2) is 15.4 Å². The zero-order valence-electron chi connectivity index (χ0n) is 10.2. The summed E-state index contributed by atoms with van der Waals surface area (Å²) in [5.74, 6) is 0.306. The van der Waals surface area contributed by atoms with E-state index in [2.05, 4.69) is 20.5 Å². The van der Waals surface area contributed by atoms with Gasteiger partial charge in [-0.2, -0.15) is 18.3 Å². The Morgan fingerprint density at radius 2 is 2.25 bits per heavy atom. The van der Waals surface area contributed by atoms with Crippen molar-refractivity contribution < 1.29 is 13.2 Å². The number of hydrogen-bond acceptors (Lipinski definition) is 5. The van der Waals surface area contributed by atoms with Gasteiger partial charge in [0.1, 0.15) is 11.4 Å². The van der Waals surface area contributed by atoms with Gasteiger partial charge in [-0.15, -0.1) is 0 Å². The van der Waals surface area contributed by atoms with Crippen LogP contribution in [0.5, 0.6) is 0 Å². The molecule has 2 heterocycles. The number of guanidine groups is 1. The highest BCUT2D eigenvalue weighted by molar-refractivity contribution is 6.29. The molecule has 0 atom stereocenters. The molecule has 1 aliphatic heterocycles. The van der Waals surface area contributed by atoms with Gasteiger partial charge in [0.25, 0.3) is 0 Å². The molecule has 0 radical (unpaired) electrons. The minimum atomic E-state index is -4.45. The quantitative estimate of drug-likeness (QED) is 0.528. The number of nitrogens with zero attached hydrogens (tertiary/aromatic N) is 4. The molecule has 1 N–H and O–H groups in total. The lowest BCUT2D eigenvalue weighted by atomic mass is 10.3. The first-order valence-electron chi connectivity index (χ1n) is 5.71. The fourth-order valence-electron chi connectivity index (χ4n) is 1.63. The summed E-state index contributed by atoms with van der Waals surface area (Å²) in [5, 5.41) is 3.51. The Labute approximate surface area is 118 Å². The second-order valence-corrected chi connectivity index (χ2v) is 4.41. The lowest BCUT2D eigenvalue weighted by Gasteiger charge is -2.19. The highest BCUT2D eigenvalue weighted by atomic mass is 35.5. The fourth-order valence-corrected chi connectivity index (χ4v) is 1.74. The summed E-state index contributed by atoms with van der Waals surface area (Å²) < 4.78 is 35.8. The lowest BCUT2D eigenvalue weighted by Crippen LogP contribution is -2.35. The van der Waals surface area contributed by atoms with Gasteiger partial charge >= 0.3 is 6.18 Å². The van der Waals surface area contributed by atoms with E-state index in [1.54, 1.807) is 23.2 Å². The van der Waals surface area contributed by atoms with E-state index in [9.17, 15) is 13.2 Å². The molecular formula is C11H11ClF3N5. The van der Waals surface area contributed by atoms with E-state index in [0.29, 0.717) is 30.7 Å². The molecule has 0 saturated carbocycles. The van der Waals surface area contributed by atoms with Crippen molar-refractivity contribution in [3.8, 4) is 0 Å². The Hall–Kier alpha value is -1.83. The van der Waals surface area contributed by atoms with Crippen LogP contribution in [0.15, 0.2) is 28.4 Å². The van der Waals surface area contributed by atoms with Crippen LogP contribution in [0.4, 0.5) is 13.2 Å². The van der Waals surface area contributed by atoms with Crippen LogP contribution in [0.25, 0.3) is 0 Å². The van der Waals surface area contributed by atoms with Crippen LogP contribution in [0.3, 0.4) is 0 Å². The van der Waals surface area contributed by atoms with E-state index in [1.165, 1.54) is 0 Å². The summed E-state index contributed by atoms with van der Waals surface area (Å²) in [6.45, 7) is 1.58. The molecular weight excluding hydrogens is 295 g/mol. The van der Waals surface area contributed by atoms with Gasteiger partial charge in [-0.1, -0.05) is 17.7 Å². The average Bonchev–Trinajstić information content (AvgIpc) is 2.78. The number of aliphatic imine (C=N–C) groups is 1. The Bertz CT molecular complexity index is 512. The first-order valence-corrected chi connectivity index (χ1v) is 6.08. The molecule has 9 heteroatoms. The SMILES string of the molecule is FC(F)(F)/C=N/NC1=NCCN1Cc1ccc(Cl)nc1. The second-order valence-electron chi connectivity index (χ2n) is 4.03.